The number of likely N-dealkylation sites (N-methyl/N-ethyl adjacent to an activating group) is 1. The molecule has 0 aromatic heterocycles. The van der Waals surface area contributed by atoms with Gasteiger partial charge in [0.05, 0.1) is 20.3 Å². The smallest absolute Gasteiger partial charge is 0.409 e. The Bertz CT molecular complexity index is 427. The molecule has 0 radical (unpaired) electrons. The van der Waals surface area contributed by atoms with E-state index in [1.165, 1.54) is 19.1 Å². The van der Waals surface area contributed by atoms with E-state index < -0.39 is 12.1 Å². The lowest BCUT2D eigenvalue weighted by Crippen LogP contribution is -2.40. The first-order valence-corrected chi connectivity index (χ1v) is 5.50. The number of hydrogen-bond acceptors (Lipinski definition) is 4. The van der Waals surface area contributed by atoms with Gasteiger partial charge in [0, 0.05) is 12.6 Å². The molecular formula is C13H17NO4. The maximum atomic E-state index is 12.1. The lowest BCUT2D eigenvalue weighted by Gasteiger charge is -2.22. The number of nitrogens with zero attached hydrogens (tertiary/aromatic N) is 1. The highest BCUT2D eigenvalue weighted by molar-refractivity contribution is 6.01. The first kappa shape index (κ1) is 14.0. The molecule has 0 saturated heterocycles. The SMILES string of the molecule is COC(=O)N(C)C(C)C(=O)c1ccc(OC)cc1. The van der Waals surface area contributed by atoms with Crippen molar-refractivity contribution in [3.05, 3.63) is 29.8 Å². The molecule has 1 amide bonds. The van der Waals surface area contributed by atoms with E-state index in [2.05, 4.69) is 4.74 Å². The summed E-state index contributed by atoms with van der Waals surface area (Å²) in [5.41, 5.74) is 0.527. The maximum Gasteiger partial charge on any atom is 0.409 e. The quantitative estimate of drug-likeness (QED) is 0.768. The first-order valence-electron chi connectivity index (χ1n) is 5.50. The van der Waals surface area contributed by atoms with Crippen molar-refractivity contribution in [2.24, 2.45) is 0 Å². The van der Waals surface area contributed by atoms with Gasteiger partial charge in [0.15, 0.2) is 5.78 Å². The Morgan fingerprint density at radius 2 is 1.72 bits per heavy atom. The molecule has 1 unspecified atom stereocenters. The molecule has 5 nitrogen and oxygen atoms in total. The summed E-state index contributed by atoms with van der Waals surface area (Å²) in [4.78, 5) is 24.7. The molecule has 18 heavy (non-hydrogen) atoms. The summed E-state index contributed by atoms with van der Waals surface area (Å²) in [5, 5.41) is 0. The highest BCUT2D eigenvalue weighted by Gasteiger charge is 2.23. The normalized spacial score (nSPS) is 11.6. The summed E-state index contributed by atoms with van der Waals surface area (Å²) in [5.74, 6) is 0.533. The van der Waals surface area contributed by atoms with Crippen molar-refractivity contribution >= 4 is 11.9 Å². The van der Waals surface area contributed by atoms with Gasteiger partial charge in [0.25, 0.3) is 0 Å². The van der Waals surface area contributed by atoms with Crippen LogP contribution in [0.4, 0.5) is 4.79 Å². The highest BCUT2D eigenvalue weighted by Crippen LogP contribution is 2.14. The van der Waals surface area contributed by atoms with Crippen LogP contribution in [0.15, 0.2) is 24.3 Å². The van der Waals surface area contributed by atoms with E-state index in [-0.39, 0.29) is 5.78 Å². The van der Waals surface area contributed by atoms with Gasteiger partial charge in [-0.15, -0.1) is 0 Å². The van der Waals surface area contributed by atoms with Gasteiger partial charge in [-0.05, 0) is 31.2 Å². The number of methoxy groups -OCH3 is 2. The van der Waals surface area contributed by atoms with Gasteiger partial charge >= 0.3 is 6.09 Å². The monoisotopic (exact) mass is 251 g/mol. The van der Waals surface area contributed by atoms with Crippen LogP contribution >= 0.6 is 0 Å². The maximum absolute atomic E-state index is 12.1. The van der Waals surface area contributed by atoms with Gasteiger partial charge in [-0.25, -0.2) is 4.79 Å². The molecule has 0 fully saturated rings. The van der Waals surface area contributed by atoms with Crippen LogP contribution in [-0.2, 0) is 4.74 Å². The van der Waals surface area contributed by atoms with Gasteiger partial charge in [-0.2, -0.15) is 0 Å². The van der Waals surface area contributed by atoms with Crippen LogP contribution in [0.3, 0.4) is 0 Å². The number of rotatable bonds is 4. The molecule has 0 aliphatic heterocycles. The van der Waals surface area contributed by atoms with Crippen molar-refractivity contribution < 1.29 is 19.1 Å². The Morgan fingerprint density at radius 1 is 1.17 bits per heavy atom. The van der Waals surface area contributed by atoms with Crippen molar-refractivity contribution in [2.75, 3.05) is 21.3 Å². The van der Waals surface area contributed by atoms with Crippen LogP contribution in [0.25, 0.3) is 0 Å². The summed E-state index contributed by atoms with van der Waals surface area (Å²) in [6, 6.07) is 6.17. The van der Waals surface area contributed by atoms with Crippen LogP contribution in [0.5, 0.6) is 5.75 Å². The van der Waals surface area contributed by atoms with Gasteiger partial charge < -0.3 is 14.4 Å². The number of carbonyl (C=O) groups excluding carboxylic acids is 2. The van der Waals surface area contributed by atoms with Crippen molar-refractivity contribution in [1.82, 2.24) is 4.90 Å². The first-order chi connectivity index (χ1) is 8.51. The van der Waals surface area contributed by atoms with Crippen molar-refractivity contribution in [3.63, 3.8) is 0 Å². The number of ether oxygens (including phenoxy) is 2. The van der Waals surface area contributed by atoms with Gasteiger partial charge in [-0.3, -0.25) is 4.79 Å². The third-order valence-electron chi connectivity index (χ3n) is 2.80. The molecule has 0 spiro atoms. The van der Waals surface area contributed by atoms with Gasteiger partial charge in [0.1, 0.15) is 5.75 Å². The van der Waals surface area contributed by atoms with Crippen LogP contribution in [0, 0.1) is 0 Å². The Morgan fingerprint density at radius 3 is 2.17 bits per heavy atom. The average Bonchev–Trinajstić information content (AvgIpc) is 2.44. The fourth-order valence-corrected chi connectivity index (χ4v) is 1.47. The molecule has 1 aromatic rings. The number of amides is 1. The molecule has 0 bridgehead atoms. The fourth-order valence-electron chi connectivity index (χ4n) is 1.47. The Labute approximate surface area is 106 Å². The molecule has 5 heteroatoms. The van der Waals surface area contributed by atoms with E-state index in [0.717, 1.165) is 0 Å². The van der Waals surface area contributed by atoms with E-state index in [0.29, 0.717) is 11.3 Å². The molecule has 0 aliphatic carbocycles. The minimum atomic E-state index is -0.578. The van der Waals surface area contributed by atoms with Gasteiger partial charge in [0.2, 0.25) is 0 Å². The van der Waals surface area contributed by atoms with Crippen LogP contribution in [0.2, 0.25) is 0 Å². The highest BCUT2D eigenvalue weighted by atomic mass is 16.5. The Balaban J connectivity index is 2.82. The zero-order chi connectivity index (χ0) is 13.7. The Kier molecular flexibility index (Phi) is 4.71. The third-order valence-corrected chi connectivity index (χ3v) is 2.80. The summed E-state index contributed by atoms with van der Waals surface area (Å²) in [7, 11) is 4.37. The van der Waals surface area contributed by atoms with E-state index >= 15 is 0 Å². The minimum absolute atomic E-state index is 0.148. The summed E-state index contributed by atoms with van der Waals surface area (Å²) in [6.45, 7) is 1.66. The number of ketones is 1. The second-order valence-corrected chi connectivity index (χ2v) is 3.85. The molecule has 0 heterocycles. The van der Waals surface area contributed by atoms with E-state index in [1.54, 1.807) is 38.3 Å². The van der Waals surface area contributed by atoms with Crippen LogP contribution in [0.1, 0.15) is 17.3 Å². The molecule has 1 rings (SSSR count). The summed E-state index contributed by atoms with van der Waals surface area (Å²) in [6.07, 6.45) is -0.538. The molecule has 0 N–H and O–H groups in total. The summed E-state index contributed by atoms with van der Waals surface area (Å²) < 4.78 is 9.59. The molecule has 0 saturated carbocycles. The lowest BCUT2D eigenvalue weighted by molar-refractivity contribution is 0.0815. The van der Waals surface area contributed by atoms with Gasteiger partial charge in [-0.1, -0.05) is 0 Å². The molecule has 0 aliphatic rings. The molecule has 1 atom stereocenters. The Hall–Kier alpha value is -2.04. The number of hydrogen-bond donors (Lipinski definition) is 0. The van der Waals surface area contributed by atoms with E-state index in [9.17, 15) is 9.59 Å². The van der Waals surface area contributed by atoms with Crippen molar-refractivity contribution in [3.8, 4) is 5.75 Å². The zero-order valence-corrected chi connectivity index (χ0v) is 11.0. The predicted molar refractivity (Wildman–Crippen MR) is 67.0 cm³/mol. The molecule has 98 valence electrons. The number of benzene rings is 1. The second-order valence-electron chi connectivity index (χ2n) is 3.85. The van der Waals surface area contributed by atoms with Crippen molar-refractivity contribution in [1.29, 1.82) is 0 Å². The summed E-state index contributed by atoms with van der Waals surface area (Å²) >= 11 is 0. The predicted octanol–water partition coefficient (Wildman–Crippen LogP) is 1.96. The van der Waals surface area contributed by atoms with Crippen LogP contribution in [-0.4, -0.2) is 44.1 Å². The number of carbonyl (C=O) groups is 2. The second kappa shape index (κ2) is 6.05. The largest absolute Gasteiger partial charge is 0.497 e. The lowest BCUT2D eigenvalue weighted by atomic mass is 10.0. The zero-order valence-electron chi connectivity index (χ0n) is 11.0. The van der Waals surface area contributed by atoms with Crippen LogP contribution < -0.4 is 4.74 Å². The average molecular weight is 251 g/mol. The molecular weight excluding hydrogens is 234 g/mol. The number of Topliss-reactive ketones (excluding diaryl/α,β-unsaturated/α-hetero) is 1. The van der Waals surface area contributed by atoms with E-state index in [1.807, 2.05) is 0 Å². The standard InChI is InChI=1S/C13H17NO4/c1-9(14(2)13(16)18-4)12(15)10-5-7-11(17-3)8-6-10/h5-9H,1-4H3. The van der Waals surface area contributed by atoms with E-state index in [4.69, 9.17) is 4.74 Å². The third kappa shape index (κ3) is 3.00. The minimum Gasteiger partial charge on any atom is -0.497 e. The van der Waals surface area contributed by atoms with Crippen molar-refractivity contribution in [2.45, 2.75) is 13.0 Å². The molecule has 1 aromatic carbocycles. The fraction of sp³-hybridized carbons (Fsp3) is 0.385. The topological polar surface area (TPSA) is 55.8 Å².